The molecule has 0 aliphatic carbocycles. The Bertz CT molecular complexity index is 2930. The average Bonchev–Trinajstić information content (AvgIpc) is 3.28. The lowest BCUT2D eigenvalue weighted by atomic mass is 9.87. The lowest BCUT2D eigenvalue weighted by molar-refractivity contribution is -0.138. The van der Waals surface area contributed by atoms with Crippen LogP contribution in [0.15, 0.2) is 146 Å². The van der Waals surface area contributed by atoms with E-state index in [2.05, 4.69) is 20.6 Å². The zero-order valence-electron chi connectivity index (χ0n) is 33.6. The van der Waals surface area contributed by atoms with Crippen molar-refractivity contribution < 1.29 is 57.5 Å². The molecular weight excluding hydrogens is 889 g/mol. The van der Waals surface area contributed by atoms with Gasteiger partial charge in [-0.1, -0.05) is 72.8 Å². The van der Waals surface area contributed by atoms with Crippen molar-refractivity contribution in [3.63, 3.8) is 0 Å². The first-order valence-corrected chi connectivity index (χ1v) is 19.7. The minimum atomic E-state index is -4.89. The van der Waals surface area contributed by atoms with Gasteiger partial charge in [-0.2, -0.15) is 52.7 Å². The molecule has 8 aromatic rings. The SMILES string of the molecule is O=C(c1cnc2c(C(F)(F)F)cccc2c1-c1cccc(NCc2cccc(C(F)(F)F)c2)c1)c1cnc2c(C(F)(F)F)cccc2c1-c1cccc(NCc2cccc(C(F)(F)F)c2)c1. The van der Waals surface area contributed by atoms with Gasteiger partial charge in [-0.05, 0) is 82.9 Å². The Morgan fingerprint density at radius 1 is 0.439 bits per heavy atom. The van der Waals surface area contributed by atoms with Crippen LogP contribution in [0.1, 0.15) is 49.3 Å². The van der Waals surface area contributed by atoms with Crippen LogP contribution < -0.4 is 10.6 Å². The Hall–Kier alpha value is -7.43. The molecule has 0 saturated carbocycles. The minimum absolute atomic E-state index is 0.0505. The number of anilines is 2. The van der Waals surface area contributed by atoms with Crippen LogP contribution in [-0.2, 0) is 37.8 Å². The van der Waals surface area contributed by atoms with Gasteiger partial charge in [-0.15, -0.1) is 0 Å². The zero-order chi connectivity index (χ0) is 47.2. The number of nitrogens with one attached hydrogen (secondary N) is 2. The molecule has 336 valence electrons. The van der Waals surface area contributed by atoms with Crippen molar-refractivity contribution in [2.45, 2.75) is 37.8 Å². The quantitative estimate of drug-likeness (QED) is 0.106. The summed E-state index contributed by atoms with van der Waals surface area (Å²) in [4.78, 5) is 23.4. The molecule has 17 heteroatoms. The predicted molar refractivity (Wildman–Crippen MR) is 225 cm³/mol. The Labute approximate surface area is 366 Å². The Balaban J connectivity index is 1.27. The number of aromatic nitrogens is 2. The molecular formula is C49H30F12N4O. The topological polar surface area (TPSA) is 66.9 Å². The number of ketones is 1. The number of alkyl halides is 12. The number of para-hydroxylation sites is 2. The number of hydrogen-bond acceptors (Lipinski definition) is 5. The third-order valence-corrected chi connectivity index (χ3v) is 10.7. The highest BCUT2D eigenvalue weighted by atomic mass is 19.4. The second kappa shape index (κ2) is 17.2. The second-order valence-electron chi connectivity index (χ2n) is 15.1. The van der Waals surface area contributed by atoms with Gasteiger partial charge in [0, 0.05) is 69.9 Å². The fourth-order valence-electron chi connectivity index (χ4n) is 7.71. The lowest BCUT2D eigenvalue weighted by Gasteiger charge is -2.19. The molecule has 8 rings (SSSR count). The summed E-state index contributed by atoms with van der Waals surface area (Å²) in [6.07, 6.45) is -17.1. The molecule has 0 unspecified atom stereocenters. The summed E-state index contributed by atoms with van der Waals surface area (Å²) in [7, 11) is 0. The van der Waals surface area contributed by atoms with Gasteiger partial charge in [-0.3, -0.25) is 14.8 Å². The van der Waals surface area contributed by atoms with Crippen molar-refractivity contribution in [2.24, 2.45) is 0 Å². The van der Waals surface area contributed by atoms with Crippen LogP contribution in [0, 0.1) is 0 Å². The Morgan fingerprint density at radius 3 is 1.20 bits per heavy atom. The first-order chi connectivity index (χ1) is 31.2. The van der Waals surface area contributed by atoms with E-state index in [1.807, 2.05) is 0 Å². The maximum atomic E-state index is 15.2. The maximum absolute atomic E-state index is 15.2. The number of fused-ring (bicyclic) bond motifs is 2. The van der Waals surface area contributed by atoms with E-state index in [4.69, 9.17) is 0 Å². The van der Waals surface area contributed by atoms with E-state index in [0.717, 1.165) is 60.9 Å². The van der Waals surface area contributed by atoms with E-state index in [-0.39, 0.29) is 68.4 Å². The molecule has 0 aliphatic heterocycles. The molecule has 0 radical (unpaired) electrons. The highest BCUT2D eigenvalue weighted by Crippen LogP contribution is 2.43. The highest BCUT2D eigenvalue weighted by Gasteiger charge is 2.37. The van der Waals surface area contributed by atoms with E-state index < -0.39 is 63.8 Å². The number of carbonyl (C=O) groups excluding carboxylic acids is 1. The van der Waals surface area contributed by atoms with Crippen molar-refractivity contribution in [3.05, 3.63) is 190 Å². The van der Waals surface area contributed by atoms with Gasteiger partial charge in [0.15, 0.2) is 5.78 Å². The standard InChI is InChI=1S/C49H30F12N4O/c50-46(51,52)31-11-1-7-27(19-31)23-62-33-13-3-9-29(21-33)41-35-15-5-17-39(48(56,57)58)43(35)64-25-37(41)45(66)38-26-65-44-36(16-6-18-40(44)49(59,60)61)42(38)30-10-4-14-34(22-30)63-24-28-8-2-12-32(20-28)47(53,54)55/h1-22,25-26,62-63H,23-24H2. The molecule has 0 bridgehead atoms. The van der Waals surface area contributed by atoms with Gasteiger partial charge in [-0.25, -0.2) is 0 Å². The summed E-state index contributed by atoms with van der Waals surface area (Å²) in [5, 5.41) is 5.78. The van der Waals surface area contributed by atoms with Crippen molar-refractivity contribution >= 4 is 39.0 Å². The molecule has 6 aromatic carbocycles. The number of hydrogen-bond donors (Lipinski definition) is 2. The molecule has 0 fully saturated rings. The first-order valence-electron chi connectivity index (χ1n) is 19.7. The van der Waals surface area contributed by atoms with Gasteiger partial charge in [0.05, 0.1) is 33.3 Å². The molecule has 0 saturated heterocycles. The van der Waals surface area contributed by atoms with Crippen molar-refractivity contribution in [3.8, 4) is 22.3 Å². The molecule has 0 aliphatic rings. The van der Waals surface area contributed by atoms with Crippen molar-refractivity contribution in [1.82, 2.24) is 9.97 Å². The molecule has 66 heavy (non-hydrogen) atoms. The molecule has 2 heterocycles. The van der Waals surface area contributed by atoms with Crippen LogP contribution in [0.25, 0.3) is 44.1 Å². The third-order valence-electron chi connectivity index (χ3n) is 10.7. The fraction of sp³-hybridized carbons (Fsp3) is 0.122. The number of benzene rings is 6. The molecule has 5 nitrogen and oxygen atoms in total. The summed E-state index contributed by atoms with van der Waals surface area (Å²) >= 11 is 0. The first kappa shape index (κ1) is 45.1. The average molecular weight is 919 g/mol. The summed E-state index contributed by atoms with van der Waals surface area (Å²) in [6, 6.07) is 27.7. The molecule has 0 spiro atoms. The normalized spacial score (nSPS) is 12.4. The Morgan fingerprint density at radius 2 is 0.818 bits per heavy atom. The third kappa shape index (κ3) is 9.37. The van der Waals surface area contributed by atoms with Gasteiger partial charge in [0.25, 0.3) is 0 Å². The number of nitrogens with zero attached hydrogens (tertiary/aromatic N) is 2. The fourth-order valence-corrected chi connectivity index (χ4v) is 7.71. The van der Waals surface area contributed by atoms with Gasteiger partial charge in [0.1, 0.15) is 0 Å². The van der Waals surface area contributed by atoms with E-state index in [1.165, 1.54) is 72.8 Å². The van der Waals surface area contributed by atoms with Gasteiger partial charge in [0.2, 0.25) is 0 Å². The van der Waals surface area contributed by atoms with Crippen LogP contribution >= 0.6 is 0 Å². The van der Waals surface area contributed by atoms with E-state index >= 15 is 4.79 Å². The van der Waals surface area contributed by atoms with Crippen molar-refractivity contribution in [2.75, 3.05) is 10.6 Å². The van der Waals surface area contributed by atoms with Crippen LogP contribution in [0.3, 0.4) is 0 Å². The molecule has 0 amide bonds. The molecule has 0 atom stereocenters. The van der Waals surface area contributed by atoms with E-state index in [0.29, 0.717) is 11.4 Å². The highest BCUT2D eigenvalue weighted by molar-refractivity contribution is 6.21. The van der Waals surface area contributed by atoms with Crippen molar-refractivity contribution in [1.29, 1.82) is 0 Å². The maximum Gasteiger partial charge on any atom is 0.418 e. The second-order valence-corrected chi connectivity index (χ2v) is 15.1. The number of halogens is 12. The minimum Gasteiger partial charge on any atom is -0.381 e. The van der Waals surface area contributed by atoms with Crippen LogP contribution in [0.4, 0.5) is 64.1 Å². The number of carbonyl (C=O) groups is 1. The van der Waals surface area contributed by atoms with E-state index in [1.54, 1.807) is 12.1 Å². The summed E-state index contributed by atoms with van der Waals surface area (Å²) in [5.74, 6) is -0.900. The number of pyridine rings is 2. The van der Waals surface area contributed by atoms with Crippen LogP contribution in [-0.4, -0.2) is 15.8 Å². The zero-order valence-corrected chi connectivity index (χ0v) is 33.6. The molecule has 2 aromatic heterocycles. The summed E-state index contributed by atoms with van der Waals surface area (Å²) in [5.41, 5.74) is -4.21. The smallest absolute Gasteiger partial charge is 0.381 e. The predicted octanol–water partition coefficient (Wildman–Crippen LogP) is 14.6. The van der Waals surface area contributed by atoms with E-state index in [9.17, 15) is 52.7 Å². The largest absolute Gasteiger partial charge is 0.418 e. The summed E-state index contributed by atoms with van der Waals surface area (Å²) in [6.45, 7) is -0.206. The monoisotopic (exact) mass is 918 g/mol. The molecule has 2 N–H and O–H groups in total. The van der Waals surface area contributed by atoms with Gasteiger partial charge >= 0.3 is 24.7 Å². The van der Waals surface area contributed by atoms with Crippen LogP contribution in [0.5, 0.6) is 0 Å². The lowest BCUT2D eigenvalue weighted by Crippen LogP contribution is -2.12. The van der Waals surface area contributed by atoms with Gasteiger partial charge < -0.3 is 10.6 Å². The van der Waals surface area contributed by atoms with Crippen LogP contribution in [0.2, 0.25) is 0 Å². The number of rotatable bonds is 10. The summed E-state index contributed by atoms with van der Waals surface area (Å²) < 4.78 is 167. The Kier molecular flexibility index (Phi) is 11.7.